The molecule has 0 spiro atoms. The average Bonchev–Trinajstić information content (AvgIpc) is 0.781. The van der Waals surface area contributed by atoms with Gasteiger partial charge in [-0.2, -0.15) is 0 Å². The highest BCUT2D eigenvalue weighted by Crippen LogP contribution is 2.40. The van der Waals surface area contributed by atoms with Gasteiger partial charge in [0.15, 0.2) is 0 Å². The van der Waals surface area contributed by atoms with Gasteiger partial charge in [-0.25, -0.2) is 0 Å². The minimum absolute atomic E-state index is 0.920. The molecule has 782 valence electrons. The van der Waals surface area contributed by atoms with Crippen LogP contribution in [0.4, 0.5) is 0 Å². The van der Waals surface area contributed by atoms with Crippen molar-refractivity contribution in [3.05, 3.63) is 290 Å². The van der Waals surface area contributed by atoms with Gasteiger partial charge in [0.1, 0.15) is 0 Å². The molecule has 0 nitrogen and oxygen atoms in total. The normalized spacial score (nSPS) is 13.0. The zero-order chi connectivity index (χ0) is 101. The first-order valence-corrected chi connectivity index (χ1v) is 62.5. The summed E-state index contributed by atoms with van der Waals surface area (Å²) < 4.78 is 0. The third-order valence-electron chi connectivity index (χ3n) is 33.8. The molecular formula is C146H198. The van der Waals surface area contributed by atoms with E-state index in [4.69, 9.17) is 0 Å². The van der Waals surface area contributed by atoms with Crippen molar-refractivity contribution in [1.29, 1.82) is 0 Å². The van der Waals surface area contributed by atoms with Gasteiger partial charge < -0.3 is 0 Å². The fraction of sp³-hybridized carbons (Fsp3) is 0.575. The van der Waals surface area contributed by atoms with Gasteiger partial charge in [-0.1, -0.05) is 521 Å². The Balaban J connectivity index is 0.937. The highest BCUT2D eigenvalue weighted by Gasteiger charge is 2.23. The Labute approximate surface area is 895 Å². The molecule has 0 N–H and O–H groups in total. The van der Waals surface area contributed by atoms with Crippen LogP contribution in [0.25, 0.3) is 22.3 Å². The molecule has 0 aromatic heterocycles. The van der Waals surface area contributed by atoms with Gasteiger partial charge in [-0.3, -0.25) is 0 Å². The first-order valence-electron chi connectivity index (χ1n) is 62.5. The van der Waals surface area contributed by atoms with E-state index >= 15 is 0 Å². The average molecular weight is 1950 g/mol. The maximum Gasteiger partial charge on any atom is 0.0284 e. The van der Waals surface area contributed by atoms with Gasteiger partial charge in [0, 0.05) is 44.5 Å². The summed E-state index contributed by atoms with van der Waals surface area (Å²) in [6.07, 6.45) is 97.8. The molecule has 0 amide bonds. The monoisotopic (exact) mass is 1950 g/mol. The van der Waals surface area contributed by atoms with Crippen molar-refractivity contribution in [3.63, 3.8) is 0 Å². The molecule has 9 aromatic carbocycles. The van der Waals surface area contributed by atoms with E-state index in [1.54, 1.807) is 0 Å². The molecule has 9 aromatic rings. The Hall–Kier alpha value is -8.78. The Morgan fingerprint density at radius 2 is 0.288 bits per heavy atom. The quantitative estimate of drug-likeness (QED) is 0.0263. The summed E-state index contributed by atoms with van der Waals surface area (Å²) in [6.45, 7) is 14.1. The van der Waals surface area contributed by atoms with Crippen molar-refractivity contribution >= 4 is 0 Å². The number of unbranched alkanes of at least 4 members (excludes halogenated alkanes) is 54. The van der Waals surface area contributed by atoms with Crippen molar-refractivity contribution < 1.29 is 0 Å². The summed E-state index contributed by atoms with van der Waals surface area (Å²) in [7, 11) is 0. The smallest absolute Gasteiger partial charge is 0.0284 e. The summed E-state index contributed by atoms with van der Waals surface area (Å²) in [5, 5.41) is 0. The molecule has 0 fully saturated rings. The summed E-state index contributed by atoms with van der Waals surface area (Å²) in [6, 6.07) is 61.1. The number of benzene rings is 9. The van der Waals surface area contributed by atoms with E-state index in [2.05, 4.69) is 234 Å². The van der Waals surface area contributed by atoms with Crippen LogP contribution in [0.5, 0.6) is 0 Å². The van der Waals surface area contributed by atoms with Crippen molar-refractivity contribution in [1.82, 2.24) is 0 Å². The zero-order valence-electron chi connectivity index (χ0n) is 94.0. The van der Waals surface area contributed by atoms with Crippen LogP contribution < -0.4 is 0 Å². The molecule has 0 saturated heterocycles. The molecule has 24 bridgehead atoms. The van der Waals surface area contributed by atoms with Crippen molar-refractivity contribution in [2.75, 3.05) is 0 Å². The van der Waals surface area contributed by atoms with E-state index in [0.717, 1.165) is 116 Å². The van der Waals surface area contributed by atoms with Gasteiger partial charge in [0.25, 0.3) is 0 Å². The molecule has 29 rings (SSSR count). The fourth-order valence-corrected chi connectivity index (χ4v) is 24.3. The highest BCUT2D eigenvalue weighted by molar-refractivity contribution is 5.76. The molecule has 0 saturated carbocycles. The first kappa shape index (κ1) is 114. The lowest BCUT2D eigenvalue weighted by Crippen LogP contribution is -2.05. The first-order chi connectivity index (χ1) is 72.2. The zero-order valence-corrected chi connectivity index (χ0v) is 94.0. The van der Waals surface area contributed by atoms with Crippen molar-refractivity contribution in [2.45, 2.75) is 542 Å². The van der Waals surface area contributed by atoms with Crippen LogP contribution in [-0.4, -0.2) is 0 Å². The second-order valence-electron chi connectivity index (χ2n) is 46.0. The van der Waals surface area contributed by atoms with Crippen LogP contribution in [-0.2, 0) is 116 Å². The van der Waals surface area contributed by atoms with E-state index in [-0.39, 0.29) is 0 Å². The van der Waals surface area contributed by atoms with E-state index in [1.807, 2.05) is 0 Å². The summed E-state index contributed by atoms with van der Waals surface area (Å²) >= 11 is 0. The Morgan fingerprint density at radius 3 is 0.514 bits per heavy atom. The largest absolute Gasteiger partial charge is 0.0654 e. The molecule has 0 aliphatic heterocycles. The summed E-state index contributed by atoms with van der Waals surface area (Å²) in [5.74, 6) is 32.7. The van der Waals surface area contributed by atoms with Crippen LogP contribution >= 0.6 is 0 Å². The van der Waals surface area contributed by atoms with E-state index in [1.165, 1.54) is 552 Å². The minimum atomic E-state index is 0.920. The van der Waals surface area contributed by atoms with Crippen molar-refractivity contribution in [3.8, 4) is 69.6 Å². The van der Waals surface area contributed by atoms with E-state index in [0.29, 0.717) is 0 Å². The van der Waals surface area contributed by atoms with Crippen molar-refractivity contribution in [2.24, 2.45) is 0 Å². The molecule has 0 atom stereocenters. The lowest BCUT2D eigenvalue weighted by molar-refractivity contribution is 0.555. The molecule has 146 heavy (non-hydrogen) atoms. The third kappa shape index (κ3) is 39.9. The van der Waals surface area contributed by atoms with Crippen LogP contribution in [0.15, 0.2) is 146 Å². The topological polar surface area (TPSA) is 0 Å². The molecule has 0 radical (unpaired) electrons. The van der Waals surface area contributed by atoms with Gasteiger partial charge in [0.2, 0.25) is 0 Å². The standard InChI is InChI=1S/C146H198/c1-7-13-19-25-31-37-43-49-55-61-67-129-111-138-102-98-134-108-120-78-86-124(134)90-80-122-84-94-128(92-82-120)144(110-122)146-116-132(70-64-58-52-46-40-34-28-22-16-10-4)140(114-142(146)72-66-60-54-48-42-36-30-24-18-12-6)104-100-136-106-118-74-73-117-75-87-125(95-96-126(136)88-76-118)135(105-117)99-103-139-113-141(71-65-59-53-47-41-35-29-23-17-11-5)145(115-131(139)69-63-57-51-45-39-33-27-21-15-9-3)143-109-121-79-89-123-85-77-119(81-91-127(143)93-83-121)107-133(123)97-101-137(129)112-130(138)68-62-56-50-44-38-32-26-20-14-8-2/h75-78,83-88,93-94,105-116H,7-74,79-82,89-92,95-96H2,1-6H3. The Bertz CT molecular complexity index is 5260. The number of aryl methyl sites for hydroxylation is 18. The summed E-state index contributed by atoms with van der Waals surface area (Å²) in [4.78, 5) is 0. The third-order valence-corrected chi connectivity index (χ3v) is 33.8. The maximum absolute atomic E-state index is 4.13. The predicted octanol–water partition coefficient (Wildman–Crippen LogP) is 41.4. The summed E-state index contributed by atoms with van der Waals surface area (Å²) in [5.41, 5.74) is 41.3. The Morgan fingerprint density at radius 1 is 0.130 bits per heavy atom. The second kappa shape index (κ2) is 68.1. The molecule has 0 heterocycles. The van der Waals surface area contributed by atoms with Crippen LogP contribution in [0, 0.1) is 47.4 Å². The number of hydrogen-bond donors (Lipinski definition) is 0. The van der Waals surface area contributed by atoms with Gasteiger partial charge in [-0.05, 0) is 337 Å². The maximum atomic E-state index is 4.13. The van der Waals surface area contributed by atoms with Crippen LogP contribution in [0.2, 0.25) is 0 Å². The highest BCUT2D eigenvalue weighted by atomic mass is 14.3. The second-order valence-corrected chi connectivity index (χ2v) is 46.0. The lowest BCUT2D eigenvalue weighted by atomic mass is 9.84. The number of hydrogen-bond acceptors (Lipinski definition) is 0. The van der Waals surface area contributed by atoms with Crippen LogP contribution in [0.1, 0.15) is 571 Å². The predicted molar refractivity (Wildman–Crippen MR) is 638 cm³/mol. The van der Waals surface area contributed by atoms with Crippen LogP contribution in [0.3, 0.4) is 0 Å². The van der Waals surface area contributed by atoms with Gasteiger partial charge in [0.05, 0.1) is 0 Å². The lowest BCUT2D eigenvalue weighted by Gasteiger charge is -2.20. The van der Waals surface area contributed by atoms with Gasteiger partial charge >= 0.3 is 0 Å². The Kier molecular flexibility index (Phi) is 53.4. The fourth-order valence-electron chi connectivity index (χ4n) is 24.3. The van der Waals surface area contributed by atoms with E-state index < -0.39 is 0 Å². The molecule has 20 aliphatic carbocycles. The molecule has 0 unspecified atom stereocenters. The van der Waals surface area contributed by atoms with Gasteiger partial charge in [-0.15, -0.1) is 0 Å². The number of rotatable bonds is 66. The SMILES string of the molecule is CCCCCCCCCCCCc1cc2c(CCCCCCCCCCCC)cc1C#Cc1cc3ccc1CCc1ccc(c(c1)-c1cc(CCCCCCCCCCCC)c(cc1CCCCCCCCCCCC)C#Cc1cc4ccc1CCc1ccc(cc1C#Cc1cc(CCCCCCCCCCCC)c(cc1CCCCCCCCCCCC)-c1cc5ccc1CCc1ccc(c(c1)C#C2)CC5)CC4)CC3. The van der Waals surface area contributed by atoms with E-state index in [9.17, 15) is 0 Å². The minimum Gasteiger partial charge on any atom is -0.0654 e. The molecular weight excluding hydrogens is 1750 g/mol. The molecule has 0 heteroatoms. The molecule has 20 aliphatic rings.